The quantitative estimate of drug-likeness (QED) is 0.616. The molecule has 0 saturated carbocycles. The first-order valence-electron chi connectivity index (χ1n) is 6.57. The molecule has 1 aromatic carbocycles. The molecular formula is C14H18Cl2N2O3. The van der Waals surface area contributed by atoms with E-state index in [0.29, 0.717) is 42.7 Å². The number of esters is 1. The minimum Gasteiger partial charge on any atom is -0.462 e. The Morgan fingerprint density at radius 3 is 2.19 bits per heavy atom. The summed E-state index contributed by atoms with van der Waals surface area (Å²) in [6.45, 7) is 2.90. The van der Waals surface area contributed by atoms with Gasteiger partial charge in [-0.05, 0) is 31.2 Å². The Balaban J connectivity index is 2.65. The summed E-state index contributed by atoms with van der Waals surface area (Å²) in [7, 11) is 0. The lowest BCUT2D eigenvalue weighted by Gasteiger charge is -2.21. The minimum atomic E-state index is -0.388. The van der Waals surface area contributed by atoms with Gasteiger partial charge in [0.15, 0.2) is 0 Å². The van der Waals surface area contributed by atoms with E-state index in [-0.39, 0.29) is 12.0 Å². The molecule has 0 aliphatic carbocycles. The number of halogens is 2. The molecule has 1 rings (SSSR count). The summed E-state index contributed by atoms with van der Waals surface area (Å²) in [6, 6.07) is 6.20. The number of benzene rings is 1. The highest BCUT2D eigenvalue weighted by Crippen LogP contribution is 2.11. The van der Waals surface area contributed by atoms with E-state index in [0.717, 1.165) is 0 Å². The Kier molecular flexibility index (Phi) is 7.93. The third-order valence-corrected chi connectivity index (χ3v) is 2.98. The number of rotatable bonds is 7. The van der Waals surface area contributed by atoms with Crippen LogP contribution in [0.4, 0.5) is 10.5 Å². The number of nitrogens with zero attached hydrogens (tertiary/aromatic N) is 1. The zero-order chi connectivity index (χ0) is 15.7. The highest BCUT2D eigenvalue weighted by atomic mass is 35.5. The first kappa shape index (κ1) is 17.6. The third kappa shape index (κ3) is 5.81. The predicted octanol–water partition coefficient (Wildman–Crippen LogP) is 3.17. The number of anilines is 1. The first-order valence-corrected chi connectivity index (χ1v) is 7.64. The lowest BCUT2D eigenvalue weighted by Crippen LogP contribution is -2.37. The van der Waals surface area contributed by atoms with Crippen LogP contribution < -0.4 is 5.32 Å². The monoisotopic (exact) mass is 332 g/mol. The molecule has 0 fully saturated rings. The summed E-state index contributed by atoms with van der Waals surface area (Å²) < 4.78 is 4.89. The van der Waals surface area contributed by atoms with Gasteiger partial charge in [0.2, 0.25) is 0 Å². The van der Waals surface area contributed by atoms with E-state index in [9.17, 15) is 9.59 Å². The zero-order valence-electron chi connectivity index (χ0n) is 11.8. The Morgan fingerprint density at radius 2 is 1.71 bits per heavy atom. The maximum Gasteiger partial charge on any atom is 0.338 e. The molecule has 0 radical (unpaired) electrons. The third-order valence-electron chi connectivity index (χ3n) is 2.64. The van der Waals surface area contributed by atoms with Crippen LogP contribution in [0.5, 0.6) is 0 Å². The van der Waals surface area contributed by atoms with Crippen LogP contribution in [0.3, 0.4) is 0 Å². The van der Waals surface area contributed by atoms with E-state index in [1.165, 1.54) is 4.90 Å². The number of carbonyl (C=O) groups excluding carboxylic acids is 2. The highest BCUT2D eigenvalue weighted by Gasteiger charge is 2.13. The fourth-order valence-corrected chi connectivity index (χ4v) is 2.03. The van der Waals surface area contributed by atoms with Crippen molar-refractivity contribution in [1.29, 1.82) is 0 Å². The van der Waals surface area contributed by atoms with Crippen molar-refractivity contribution in [3.05, 3.63) is 29.8 Å². The average molecular weight is 333 g/mol. The Morgan fingerprint density at radius 1 is 1.14 bits per heavy atom. The zero-order valence-corrected chi connectivity index (χ0v) is 13.3. The van der Waals surface area contributed by atoms with Crippen LogP contribution in [0.15, 0.2) is 24.3 Å². The van der Waals surface area contributed by atoms with Gasteiger partial charge < -0.3 is 15.0 Å². The molecule has 0 unspecified atom stereocenters. The van der Waals surface area contributed by atoms with Gasteiger partial charge in [-0.2, -0.15) is 0 Å². The Hall–Kier alpha value is -1.46. The summed E-state index contributed by atoms with van der Waals surface area (Å²) in [5.74, 6) is 0.291. The Bertz CT molecular complexity index is 460. The summed E-state index contributed by atoms with van der Waals surface area (Å²) in [5, 5.41) is 2.73. The van der Waals surface area contributed by atoms with Crippen molar-refractivity contribution in [2.45, 2.75) is 6.92 Å². The van der Waals surface area contributed by atoms with Crippen LogP contribution in [0.1, 0.15) is 17.3 Å². The van der Waals surface area contributed by atoms with E-state index < -0.39 is 0 Å². The number of alkyl halides is 2. The molecule has 7 heteroatoms. The molecule has 0 aliphatic rings. The maximum absolute atomic E-state index is 12.0. The van der Waals surface area contributed by atoms with Gasteiger partial charge in [0.05, 0.1) is 12.2 Å². The van der Waals surface area contributed by atoms with Crippen molar-refractivity contribution in [3.8, 4) is 0 Å². The smallest absolute Gasteiger partial charge is 0.338 e. The summed E-state index contributed by atoms with van der Waals surface area (Å²) in [5.41, 5.74) is 1.02. The highest BCUT2D eigenvalue weighted by molar-refractivity contribution is 6.18. The van der Waals surface area contributed by atoms with Gasteiger partial charge in [-0.15, -0.1) is 23.2 Å². The number of ether oxygens (including phenoxy) is 1. The summed E-state index contributed by atoms with van der Waals surface area (Å²) in [4.78, 5) is 25.1. The van der Waals surface area contributed by atoms with E-state index >= 15 is 0 Å². The van der Waals surface area contributed by atoms with Crippen molar-refractivity contribution in [1.82, 2.24) is 4.90 Å². The Labute approximate surface area is 134 Å². The molecule has 5 nitrogen and oxygen atoms in total. The maximum atomic E-state index is 12.0. The van der Waals surface area contributed by atoms with Crippen molar-refractivity contribution in [3.63, 3.8) is 0 Å². The molecule has 0 bridgehead atoms. The average Bonchev–Trinajstić information content (AvgIpc) is 2.48. The van der Waals surface area contributed by atoms with Crippen molar-refractivity contribution in [2.24, 2.45) is 0 Å². The summed E-state index contributed by atoms with van der Waals surface area (Å²) >= 11 is 11.3. The van der Waals surface area contributed by atoms with Crippen LogP contribution in [-0.2, 0) is 4.74 Å². The van der Waals surface area contributed by atoms with Crippen LogP contribution >= 0.6 is 23.2 Å². The molecule has 0 aromatic heterocycles. The van der Waals surface area contributed by atoms with Crippen molar-refractivity contribution in [2.75, 3.05) is 36.8 Å². The molecule has 0 aliphatic heterocycles. The van der Waals surface area contributed by atoms with Gasteiger partial charge in [0.1, 0.15) is 0 Å². The van der Waals surface area contributed by atoms with Gasteiger partial charge >= 0.3 is 12.0 Å². The molecule has 0 spiro atoms. The van der Waals surface area contributed by atoms with E-state index in [4.69, 9.17) is 27.9 Å². The minimum absolute atomic E-state index is 0.278. The number of hydrogen-bond acceptors (Lipinski definition) is 3. The van der Waals surface area contributed by atoms with E-state index in [1.54, 1.807) is 31.2 Å². The SMILES string of the molecule is CCOC(=O)c1ccc(NC(=O)N(CCCl)CCCl)cc1. The molecule has 116 valence electrons. The van der Waals surface area contributed by atoms with Crippen molar-refractivity contribution < 1.29 is 14.3 Å². The fraction of sp³-hybridized carbons (Fsp3) is 0.429. The molecule has 1 aromatic rings. The van der Waals surface area contributed by atoms with E-state index in [1.807, 2.05) is 0 Å². The number of nitrogens with one attached hydrogen (secondary N) is 1. The number of urea groups is 1. The first-order chi connectivity index (χ1) is 10.1. The van der Waals surface area contributed by atoms with Gasteiger partial charge in [-0.25, -0.2) is 9.59 Å². The van der Waals surface area contributed by atoms with Crippen molar-refractivity contribution >= 4 is 40.9 Å². The summed E-state index contributed by atoms with van der Waals surface area (Å²) in [6.07, 6.45) is 0. The van der Waals surface area contributed by atoms with Gasteiger partial charge in [-0.3, -0.25) is 0 Å². The molecule has 21 heavy (non-hydrogen) atoms. The second-order valence-corrected chi connectivity index (χ2v) is 4.85. The number of carbonyl (C=O) groups is 2. The molecule has 2 amide bonds. The van der Waals surface area contributed by atoms with Crippen LogP contribution in [-0.4, -0.2) is 48.4 Å². The molecule has 1 N–H and O–H groups in total. The van der Waals surface area contributed by atoms with Gasteiger partial charge in [0, 0.05) is 30.5 Å². The number of amides is 2. The largest absolute Gasteiger partial charge is 0.462 e. The van der Waals surface area contributed by atoms with Crippen LogP contribution in [0.25, 0.3) is 0 Å². The lowest BCUT2D eigenvalue weighted by atomic mass is 10.2. The standard InChI is InChI=1S/C14H18Cl2N2O3/c1-2-21-13(19)11-3-5-12(6-4-11)17-14(20)18(9-7-15)10-8-16/h3-6H,2,7-10H2,1H3,(H,17,20). The normalized spacial score (nSPS) is 10.0. The predicted molar refractivity (Wildman–Crippen MR) is 84.4 cm³/mol. The fourth-order valence-electron chi connectivity index (χ4n) is 1.63. The van der Waals surface area contributed by atoms with E-state index in [2.05, 4.69) is 5.32 Å². The van der Waals surface area contributed by atoms with Crippen LogP contribution in [0.2, 0.25) is 0 Å². The topological polar surface area (TPSA) is 58.6 Å². The number of hydrogen-bond donors (Lipinski definition) is 1. The molecule has 0 heterocycles. The van der Waals surface area contributed by atoms with Gasteiger partial charge in [-0.1, -0.05) is 0 Å². The second-order valence-electron chi connectivity index (χ2n) is 4.09. The molecule has 0 saturated heterocycles. The molecular weight excluding hydrogens is 315 g/mol. The van der Waals surface area contributed by atoms with Crippen LogP contribution in [0, 0.1) is 0 Å². The molecule has 0 atom stereocenters. The van der Waals surface area contributed by atoms with Gasteiger partial charge in [0.25, 0.3) is 0 Å². The second kappa shape index (κ2) is 9.47. The lowest BCUT2D eigenvalue weighted by molar-refractivity contribution is 0.0526.